The first-order chi connectivity index (χ1) is 16.9. The molecular weight excluding hydrogens is 505 g/mol. The van der Waals surface area contributed by atoms with Crippen LogP contribution in [0.2, 0.25) is 0 Å². The average molecular weight is 529 g/mol. The summed E-state index contributed by atoms with van der Waals surface area (Å²) < 4.78 is 41.1. The number of thioether (sulfide) groups is 1. The topological polar surface area (TPSA) is 154 Å². The summed E-state index contributed by atoms with van der Waals surface area (Å²) in [6.45, 7) is 0. The average Bonchev–Trinajstić information content (AvgIpc) is 2.82. The molecule has 2 amide bonds. The van der Waals surface area contributed by atoms with Crippen LogP contribution in [0.25, 0.3) is 0 Å². The van der Waals surface area contributed by atoms with Crippen LogP contribution in [0.3, 0.4) is 0 Å². The standard InChI is InChI=1S/C22H23F3N4O6S/c1-36-11-10-18(20(31)27-14-4-6-15(7-5-14)29(33)34)28-19(30)17(26)12-13-2-8-16(9-3-13)35-21(32)22(23,24)25/h2-9,17-18H,10-12,26H2,1H3,(H,27,31)(H,28,30)/t17-,18-/m0/s1. The quantitative estimate of drug-likeness (QED) is 0.174. The molecule has 0 heterocycles. The normalized spacial score (nSPS) is 12.8. The van der Waals surface area contributed by atoms with Gasteiger partial charge in [0.25, 0.3) is 5.69 Å². The minimum Gasteiger partial charge on any atom is -0.420 e. The highest BCUT2D eigenvalue weighted by Gasteiger charge is 2.41. The second-order valence-electron chi connectivity index (χ2n) is 7.48. The maximum absolute atomic E-state index is 12.7. The Labute approximate surface area is 207 Å². The third-order valence-electron chi connectivity index (χ3n) is 4.75. The van der Waals surface area contributed by atoms with Crippen molar-refractivity contribution in [1.29, 1.82) is 0 Å². The number of amides is 2. The molecule has 0 radical (unpaired) electrons. The summed E-state index contributed by atoms with van der Waals surface area (Å²) in [5.74, 6) is -3.29. The zero-order valence-electron chi connectivity index (χ0n) is 18.9. The van der Waals surface area contributed by atoms with E-state index < -0.39 is 41.0 Å². The number of hydrogen-bond donors (Lipinski definition) is 3. The molecular formula is C22H23F3N4O6S. The Kier molecular flexibility index (Phi) is 10.2. The van der Waals surface area contributed by atoms with Crippen LogP contribution in [0.15, 0.2) is 48.5 Å². The van der Waals surface area contributed by atoms with Gasteiger partial charge in [-0.05, 0) is 54.7 Å². The molecule has 36 heavy (non-hydrogen) atoms. The van der Waals surface area contributed by atoms with Gasteiger partial charge in [0.15, 0.2) is 0 Å². The smallest absolute Gasteiger partial charge is 0.420 e. The van der Waals surface area contributed by atoms with E-state index in [9.17, 15) is 37.7 Å². The largest absolute Gasteiger partial charge is 0.491 e. The lowest BCUT2D eigenvalue weighted by atomic mass is 10.0. The number of hydrogen-bond acceptors (Lipinski definition) is 8. The molecule has 0 aliphatic carbocycles. The Morgan fingerprint density at radius 2 is 1.69 bits per heavy atom. The molecule has 0 saturated carbocycles. The number of halogens is 3. The van der Waals surface area contributed by atoms with E-state index in [0.29, 0.717) is 17.0 Å². The van der Waals surface area contributed by atoms with Crippen LogP contribution in [0, 0.1) is 10.1 Å². The molecule has 4 N–H and O–H groups in total. The summed E-state index contributed by atoms with van der Waals surface area (Å²) in [6, 6.07) is 8.18. The maximum atomic E-state index is 12.7. The second-order valence-corrected chi connectivity index (χ2v) is 8.46. The van der Waals surface area contributed by atoms with Crippen molar-refractivity contribution in [2.75, 3.05) is 17.3 Å². The number of rotatable bonds is 11. The van der Waals surface area contributed by atoms with Crippen molar-refractivity contribution in [3.8, 4) is 5.75 Å². The lowest BCUT2D eigenvalue weighted by Crippen LogP contribution is -2.50. The lowest BCUT2D eigenvalue weighted by molar-refractivity contribution is -0.384. The van der Waals surface area contributed by atoms with Crippen LogP contribution in [0.4, 0.5) is 24.5 Å². The third kappa shape index (κ3) is 8.85. The molecule has 2 atom stereocenters. The summed E-state index contributed by atoms with van der Waals surface area (Å²) in [6.07, 6.45) is -3.01. The molecule has 0 aliphatic rings. The SMILES string of the molecule is CSCC[C@H](NC(=O)[C@@H](N)Cc1ccc(OC(=O)C(F)(F)F)cc1)C(=O)Nc1ccc([N+](=O)[O-])cc1. The van der Waals surface area contributed by atoms with E-state index in [4.69, 9.17) is 5.73 Å². The van der Waals surface area contributed by atoms with Gasteiger partial charge in [-0.15, -0.1) is 0 Å². The van der Waals surface area contributed by atoms with Gasteiger partial charge in [-0.3, -0.25) is 19.7 Å². The first-order valence-corrected chi connectivity index (χ1v) is 11.8. The van der Waals surface area contributed by atoms with Crippen LogP contribution in [0.5, 0.6) is 5.75 Å². The molecule has 194 valence electrons. The molecule has 0 aliphatic heterocycles. The Morgan fingerprint density at radius 1 is 1.08 bits per heavy atom. The van der Waals surface area contributed by atoms with Crippen molar-refractivity contribution in [2.24, 2.45) is 5.73 Å². The number of nitrogens with zero attached hydrogens (tertiary/aromatic N) is 1. The van der Waals surface area contributed by atoms with E-state index in [1.54, 1.807) is 0 Å². The van der Waals surface area contributed by atoms with Crippen molar-refractivity contribution in [2.45, 2.75) is 31.1 Å². The highest BCUT2D eigenvalue weighted by Crippen LogP contribution is 2.21. The van der Waals surface area contributed by atoms with Gasteiger partial charge in [-0.2, -0.15) is 24.9 Å². The minimum atomic E-state index is -5.13. The van der Waals surface area contributed by atoms with Gasteiger partial charge in [-0.25, -0.2) is 4.79 Å². The van der Waals surface area contributed by atoms with E-state index in [-0.39, 0.29) is 24.3 Å². The third-order valence-corrected chi connectivity index (χ3v) is 5.39. The van der Waals surface area contributed by atoms with Crippen LogP contribution in [-0.4, -0.2) is 53.0 Å². The number of benzene rings is 2. The fourth-order valence-electron chi connectivity index (χ4n) is 2.88. The molecule has 10 nitrogen and oxygen atoms in total. The van der Waals surface area contributed by atoms with E-state index in [1.807, 2.05) is 6.26 Å². The van der Waals surface area contributed by atoms with E-state index in [2.05, 4.69) is 15.4 Å². The predicted molar refractivity (Wildman–Crippen MR) is 126 cm³/mol. The number of esters is 1. The van der Waals surface area contributed by atoms with Gasteiger partial charge in [0.2, 0.25) is 11.8 Å². The Hall–Kier alpha value is -3.65. The first-order valence-electron chi connectivity index (χ1n) is 10.4. The molecule has 2 rings (SSSR count). The van der Waals surface area contributed by atoms with E-state index >= 15 is 0 Å². The number of alkyl halides is 3. The number of carbonyl (C=O) groups excluding carboxylic acids is 3. The van der Waals surface area contributed by atoms with Gasteiger partial charge in [0.1, 0.15) is 11.8 Å². The Morgan fingerprint density at radius 3 is 2.22 bits per heavy atom. The number of non-ortho nitro benzene ring substituents is 1. The number of nitrogens with two attached hydrogens (primary N) is 1. The number of anilines is 1. The van der Waals surface area contributed by atoms with Crippen LogP contribution in [-0.2, 0) is 20.8 Å². The summed E-state index contributed by atoms with van der Waals surface area (Å²) in [5, 5.41) is 15.9. The molecule has 2 aromatic carbocycles. The molecule has 2 aromatic rings. The minimum absolute atomic E-state index is 0.00144. The summed E-state index contributed by atoms with van der Waals surface area (Å²) >= 11 is 1.46. The predicted octanol–water partition coefficient (Wildman–Crippen LogP) is 2.81. The van der Waals surface area contributed by atoms with Crippen LogP contribution < -0.4 is 21.1 Å². The van der Waals surface area contributed by atoms with Gasteiger partial charge in [0, 0.05) is 17.8 Å². The Bertz CT molecular complexity index is 1080. The number of carbonyl (C=O) groups is 3. The van der Waals surface area contributed by atoms with Crippen LogP contribution in [0.1, 0.15) is 12.0 Å². The van der Waals surface area contributed by atoms with Crippen molar-refractivity contribution >= 4 is 40.9 Å². The fourth-order valence-corrected chi connectivity index (χ4v) is 3.36. The van der Waals surface area contributed by atoms with Crippen LogP contribution >= 0.6 is 11.8 Å². The van der Waals surface area contributed by atoms with Gasteiger partial charge >= 0.3 is 12.1 Å². The molecule has 0 unspecified atom stereocenters. The van der Waals surface area contributed by atoms with Crippen molar-refractivity contribution in [3.05, 3.63) is 64.2 Å². The van der Waals surface area contributed by atoms with Crippen molar-refractivity contribution in [1.82, 2.24) is 5.32 Å². The monoisotopic (exact) mass is 528 g/mol. The van der Waals surface area contributed by atoms with E-state index in [0.717, 1.165) is 12.1 Å². The highest BCUT2D eigenvalue weighted by molar-refractivity contribution is 7.98. The molecule has 0 spiro atoms. The lowest BCUT2D eigenvalue weighted by Gasteiger charge is -2.20. The summed E-state index contributed by atoms with van der Waals surface area (Å²) in [5.41, 5.74) is 6.61. The van der Waals surface area contributed by atoms with Crippen molar-refractivity contribution < 1.29 is 37.2 Å². The highest BCUT2D eigenvalue weighted by atomic mass is 32.2. The maximum Gasteiger partial charge on any atom is 0.491 e. The number of nitrogens with one attached hydrogen (secondary N) is 2. The fraction of sp³-hybridized carbons (Fsp3) is 0.318. The molecule has 14 heteroatoms. The zero-order chi connectivity index (χ0) is 26.9. The number of ether oxygens (including phenoxy) is 1. The van der Waals surface area contributed by atoms with E-state index in [1.165, 1.54) is 48.2 Å². The molecule has 0 bridgehead atoms. The zero-order valence-corrected chi connectivity index (χ0v) is 19.7. The molecule has 0 saturated heterocycles. The molecule has 0 aromatic heterocycles. The van der Waals surface area contributed by atoms with Crippen molar-refractivity contribution in [3.63, 3.8) is 0 Å². The second kappa shape index (κ2) is 12.9. The Balaban J connectivity index is 1.98. The van der Waals surface area contributed by atoms with Gasteiger partial charge in [-0.1, -0.05) is 12.1 Å². The summed E-state index contributed by atoms with van der Waals surface area (Å²) in [7, 11) is 0. The first kappa shape index (κ1) is 28.6. The summed E-state index contributed by atoms with van der Waals surface area (Å²) in [4.78, 5) is 46.4. The molecule has 0 fully saturated rings. The van der Waals surface area contributed by atoms with Gasteiger partial charge < -0.3 is 21.1 Å². The number of nitro groups is 1. The number of nitro benzene ring substituents is 1. The van der Waals surface area contributed by atoms with Gasteiger partial charge in [0.05, 0.1) is 11.0 Å².